The monoisotopic (exact) mass is 564 g/mol. The quantitative estimate of drug-likeness (QED) is 0.303. The number of nitrogens with zero attached hydrogens (tertiary/aromatic N) is 1. The topological polar surface area (TPSA) is 58.6 Å². The fourth-order valence-electron chi connectivity index (χ4n) is 4.08. The molecule has 0 aliphatic rings. The van der Waals surface area contributed by atoms with Crippen molar-refractivity contribution in [1.82, 2.24) is 10.2 Å². The number of halogens is 1. The van der Waals surface area contributed by atoms with Crippen molar-refractivity contribution in [3.05, 3.63) is 99.0 Å². The summed E-state index contributed by atoms with van der Waals surface area (Å²) in [6.07, 6.45) is 0.416. The Labute approximate surface area is 229 Å². The van der Waals surface area contributed by atoms with Gasteiger partial charge in [-0.05, 0) is 61.1 Å². The van der Waals surface area contributed by atoms with E-state index in [2.05, 4.69) is 35.1 Å². The van der Waals surface area contributed by atoms with Crippen molar-refractivity contribution in [3.8, 4) is 5.75 Å². The lowest BCUT2D eigenvalue weighted by Crippen LogP contribution is -2.52. The van der Waals surface area contributed by atoms with Crippen LogP contribution in [-0.4, -0.2) is 35.9 Å². The minimum Gasteiger partial charge on any atom is -0.484 e. The van der Waals surface area contributed by atoms with E-state index in [1.54, 1.807) is 4.90 Å². The van der Waals surface area contributed by atoms with Gasteiger partial charge in [0.1, 0.15) is 11.8 Å². The summed E-state index contributed by atoms with van der Waals surface area (Å²) in [6.45, 7) is 10.8. The second-order valence-corrected chi connectivity index (χ2v) is 10.8. The Hall–Kier alpha value is -3.12. The van der Waals surface area contributed by atoms with Gasteiger partial charge in [-0.1, -0.05) is 89.9 Å². The number of carbonyl (C=O) groups is 2. The van der Waals surface area contributed by atoms with Gasteiger partial charge >= 0.3 is 0 Å². The molecule has 6 heteroatoms. The van der Waals surface area contributed by atoms with Gasteiger partial charge in [0.2, 0.25) is 5.91 Å². The van der Waals surface area contributed by atoms with Crippen LogP contribution in [0.3, 0.4) is 0 Å². The van der Waals surface area contributed by atoms with Gasteiger partial charge in [0.25, 0.3) is 5.91 Å². The summed E-state index contributed by atoms with van der Waals surface area (Å²) in [7, 11) is 0. The maximum Gasteiger partial charge on any atom is 0.261 e. The molecule has 5 nitrogen and oxygen atoms in total. The van der Waals surface area contributed by atoms with Crippen molar-refractivity contribution in [1.29, 1.82) is 0 Å². The molecule has 0 saturated carbocycles. The van der Waals surface area contributed by atoms with Crippen LogP contribution in [0.1, 0.15) is 41.7 Å². The average molecular weight is 566 g/mol. The molecule has 0 saturated heterocycles. The smallest absolute Gasteiger partial charge is 0.261 e. The lowest BCUT2D eigenvalue weighted by Gasteiger charge is -2.31. The van der Waals surface area contributed by atoms with Gasteiger partial charge in [0, 0.05) is 24.0 Å². The molecule has 3 aromatic carbocycles. The second kappa shape index (κ2) is 13.4. The SMILES string of the molecule is Cc1ccc(CN(C(=O)COc2cc(C)c(Br)c(C)c2)[C@H](Cc2ccccc2)C(=O)NCC(C)C)cc1. The number of rotatable bonds is 11. The summed E-state index contributed by atoms with van der Waals surface area (Å²) >= 11 is 3.57. The Morgan fingerprint density at radius 2 is 1.54 bits per heavy atom. The summed E-state index contributed by atoms with van der Waals surface area (Å²) in [5, 5.41) is 3.05. The Bertz CT molecular complexity index is 1170. The van der Waals surface area contributed by atoms with Crippen LogP contribution in [0.5, 0.6) is 5.75 Å². The first-order valence-electron chi connectivity index (χ1n) is 12.7. The maximum absolute atomic E-state index is 13.7. The number of amides is 2. The van der Waals surface area contributed by atoms with Gasteiger partial charge in [-0.15, -0.1) is 0 Å². The Kier molecular flexibility index (Phi) is 10.3. The number of carbonyl (C=O) groups excluding carboxylic acids is 2. The molecular weight excluding hydrogens is 528 g/mol. The van der Waals surface area contributed by atoms with Gasteiger partial charge in [-0.3, -0.25) is 9.59 Å². The van der Waals surface area contributed by atoms with E-state index >= 15 is 0 Å². The van der Waals surface area contributed by atoms with Crippen molar-refractivity contribution >= 4 is 27.7 Å². The van der Waals surface area contributed by atoms with Gasteiger partial charge in [-0.25, -0.2) is 0 Å². The van der Waals surface area contributed by atoms with Crippen molar-refractivity contribution < 1.29 is 14.3 Å². The second-order valence-electron chi connectivity index (χ2n) is 10.0. The molecule has 0 spiro atoms. The predicted molar refractivity (Wildman–Crippen MR) is 153 cm³/mol. The molecule has 0 radical (unpaired) electrons. The van der Waals surface area contributed by atoms with Crippen LogP contribution in [-0.2, 0) is 22.6 Å². The lowest BCUT2D eigenvalue weighted by atomic mass is 10.0. The van der Waals surface area contributed by atoms with Crippen LogP contribution >= 0.6 is 15.9 Å². The van der Waals surface area contributed by atoms with E-state index in [4.69, 9.17) is 4.74 Å². The molecule has 0 unspecified atom stereocenters. The van der Waals surface area contributed by atoms with E-state index in [1.807, 2.05) is 87.5 Å². The molecule has 3 aromatic rings. The van der Waals surface area contributed by atoms with Gasteiger partial charge in [0.15, 0.2) is 6.61 Å². The highest BCUT2D eigenvalue weighted by Crippen LogP contribution is 2.26. The van der Waals surface area contributed by atoms with Gasteiger partial charge in [0.05, 0.1) is 0 Å². The number of aryl methyl sites for hydroxylation is 3. The first-order chi connectivity index (χ1) is 17.6. The van der Waals surface area contributed by atoms with Crippen LogP contribution in [0, 0.1) is 26.7 Å². The van der Waals surface area contributed by atoms with Crippen molar-refractivity contribution in [2.45, 2.75) is 53.6 Å². The Morgan fingerprint density at radius 1 is 0.919 bits per heavy atom. The number of hydrogen-bond acceptors (Lipinski definition) is 3. The van der Waals surface area contributed by atoms with Crippen molar-refractivity contribution in [3.63, 3.8) is 0 Å². The lowest BCUT2D eigenvalue weighted by molar-refractivity contribution is -0.142. The highest BCUT2D eigenvalue weighted by Gasteiger charge is 2.30. The third kappa shape index (κ3) is 8.46. The van der Waals surface area contributed by atoms with E-state index in [0.29, 0.717) is 31.2 Å². The molecule has 1 N–H and O–H groups in total. The molecule has 196 valence electrons. The summed E-state index contributed by atoms with van der Waals surface area (Å²) in [4.78, 5) is 28.9. The predicted octanol–water partition coefficient (Wildman–Crippen LogP) is 6.17. The number of nitrogens with one attached hydrogen (secondary N) is 1. The minimum absolute atomic E-state index is 0.158. The van der Waals surface area contributed by atoms with Crippen LogP contribution in [0.25, 0.3) is 0 Å². The van der Waals surface area contributed by atoms with Crippen LogP contribution in [0.2, 0.25) is 0 Å². The summed E-state index contributed by atoms with van der Waals surface area (Å²) < 4.78 is 6.98. The third-order valence-corrected chi connectivity index (χ3v) is 7.45. The van der Waals surface area contributed by atoms with E-state index in [9.17, 15) is 9.59 Å². The molecule has 2 amide bonds. The van der Waals surface area contributed by atoms with Gasteiger partial charge in [-0.2, -0.15) is 0 Å². The third-order valence-electron chi connectivity index (χ3n) is 6.20. The molecule has 1 atom stereocenters. The average Bonchev–Trinajstić information content (AvgIpc) is 2.88. The summed E-state index contributed by atoms with van der Waals surface area (Å²) in [5.74, 6) is 0.535. The molecule has 3 rings (SSSR count). The zero-order valence-electron chi connectivity index (χ0n) is 22.4. The minimum atomic E-state index is -0.674. The molecule has 0 aliphatic carbocycles. The zero-order chi connectivity index (χ0) is 26.9. The standard InChI is InChI=1S/C31H37BrN2O3/c1-21(2)18-33-31(36)28(17-25-9-7-6-8-10-25)34(19-26-13-11-22(3)12-14-26)29(35)20-37-27-15-23(4)30(32)24(5)16-27/h6-16,21,28H,17-20H2,1-5H3,(H,33,36)/t28-/m1/s1. The highest BCUT2D eigenvalue weighted by atomic mass is 79.9. The van der Waals surface area contributed by atoms with Crippen LogP contribution in [0.4, 0.5) is 0 Å². The Morgan fingerprint density at radius 3 is 2.14 bits per heavy atom. The molecule has 0 fully saturated rings. The fraction of sp³-hybridized carbons (Fsp3) is 0.355. The van der Waals surface area contributed by atoms with E-state index in [-0.39, 0.29) is 18.4 Å². The van der Waals surface area contributed by atoms with Crippen LogP contribution in [0.15, 0.2) is 71.2 Å². The van der Waals surface area contributed by atoms with E-state index < -0.39 is 6.04 Å². The summed E-state index contributed by atoms with van der Waals surface area (Å²) in [6, 6.07) is 21.0. The maximum atomic E-state index is 13.7. The number of hydrogen-bond donors (Lipinski definition) is 1. The van der Waals surface area contributed by atoms with Gasteiger partial charge < -0.3 is 15.0 Å². The summed E-state index contributed by atoms with van der Waals surface area (Å²) in [5.41, 5.74) is 5.17. The first-order valence-corrected chi connectivity index (χ1v) is 13.5. The van der Waals surface area contributed by atoms with Crippen LogP contribution < -0.4 is 10.1 Å². The molecule has 0 heterocycles. The van der Waals surface area contributed by atoms with E-state index in [0.717, 1.165) is 32.3 Å². The molecule has 0 bridgehead atoms. The zero-order valence-corrected chi connectivity index (χ0v) is 24.0. The Balaban J connectivity index is 1.91. The normalized spacial score (nSPS) is 11.8. The number of benzene rings is 3. The first kappa shape index (κ1) is 28.5. The largest absolute Gasteiger partial charge is 0.484 e. The highest BCUT2D eigenvalue weighted by molar-refractivity contribution is 9.10. The molecule has 0 aliphatic heterocycles. The molecule has 37 heavy (non-hydrogen) atoms. The van der Waals surface area contributed by atoms with Crippen molar-refractivity contribution in [2.24, 2.45) is 5.92 Å². The molecular formula is C31H37BrN2O3. The molecule has 0 aromatic heterocycles. The van der Waals surface area contributed by atoms with E-state index in [1.165, 1.54) is 0 Å². The fourth-order valence-corrected chi connectivity index (χ4v) is 4.31. The van der Waals surface area contributed by atoms with Crippen molar-refractivity contribution in [2.75, 3.05) is 13.2 Å². The number of ether oxygens (including phenoxy) is 1.